The second-order valence-electron chi connectivity index (χ2n) is 5.77. The van der Waals surface area contributed by atoms with Gasteiger partial charge in [0.25, 0.3) is 17.3 Å². The lowest BCUT2D eigenvalue weighted by atomic mass is 10.0. The number of hydrogen-bond acceptors (Lipinski definition) is 7. The summed E-state index contributed by atoms with van der Waals surface area (Å²) in [4.78, 5) is 37.5. The minimum Gasteiger partial charge on any atom is -0.298 e. The smallest absolute Gasteiger partial charge is 0.279 e. The molecule has 0 aliphatic rings. The van der Waals surface area contributed by atoms with E-state index in [4.69, 9.17) is 23.2 Å². The molecule has 0 aliphatic carbocycles. The number of carbonyl (C=O) groups is 1. The molecule has 12 heteroatoms. The summed E-state index contributed by atoms with van der Waals surface area (Å²) in [6.45, 7) is 1.34. The number of halogens is 2. The summed E-state index contributed by atoms with van der Waals surface area (Å²) in [6, 6.07) is 6.66. The van der Waals surface area contributed by atoms with Gasteiger partial charge < -0.3 is 0 Å². The van der Waals surface area contributed by atoms with Crippen molar-refractivity contribution in [2.45, 2.75) is 6.92 Å². The molecule has 1 amide bonds. The van der Waals surface area contributed by atoms with E-state index in [9.17, 15) is 25.0 Å². The second kappa shape index (κ2) is 8.11. The van der Waals surface area contributed by atoms with Gasteiger partial charge in [-0.15, -0.1) is 11.3 Å². The van der Waals surface area contributed by atoms with Gasteiger partial charge in [-0.1, -0.05) is 23.2 Å². The third-order valence-corrected chi connectivity index (χ3v) is 5.27. The summed E-state index contributed by atoms with van der Waals surface area (Å²) < 4.78 is 0. The standard InChI is InChI=1S/C17H10Cl2N4O5S/c1-8-11(5-10(22(25)26)6-15(8)23(27)28)16(24)21-17-20-14(7-29-17)12-4-9(18)2-3-13(12)19/h2-7H,1H3,(H,20,21,24). The zero-order valence-corrected chi connectivity index (χ0v) is 16.8. The van der Waals surface area contributed by atoms with Crippen LogP contribution < -0.4 is 5.32 Å². The largest absolute Gasteiger partial charge is 0.298 e. The van der Waals surface area contributed by atoms with Crippen LogP contribution in [0.3, 0.4) is 0 Å². The first kappa shape index (κ1) is 20.6. The fourth-order valence-electron chi connectivity index (χ4n) is 2.53. The van der Waals surface area contributed by atoms with Crippen molar-refractivity contribution in [3.63, 3.8) is 0 Å². The van der Waals surface area contributed by atoms with E-state index in [1.165, 1.54) is 6.92 Å². The van der Waals surface area contributed by atoms with E-state index in [2.05, 4.69) is 10.3 Å². The highest BCUT2D eigenvalue weighted by molar-refractivity contribution is 7.14. The molecule has 2 aromatic carbocycles. The third kappa shape index (κ3) is 4.34. The highest BCUT2D eigenvalue weighted by Crippen LogP contribution is 2.33. The van der Waals surface area contributed by atoms with Gasteiger partial charge in [-0.05, 0) is 25.1 Å². The van der Waals surface area contributed by atoms with Gasteiger partial charge in [-0.3, -0.25) is 30.3 Å². The first-order chi connectivity index (χ1) is 13.7. The molecule has 29 heavy (non-hydrogen) atoms. The van der Waals surface area contributed by atoms with Gasteiger partial charge in [-0.2, -0.15) is 0 Å². The first-order valence-electron chi connectivity index (χ1n) is 7.83. The van der Waals surface area contributed by atoms with E-state index in [1.54, 1.807) is 23.6 Å². The minimum absolute atomic E-state index is 0.00719. The van der Waals surface area contributed by atoms with Crippen molar-refractivity contribution >= 4 is 57.0 Å². The van der Waals surface area contributed by atoms with E-state index in [0.29, 0.717) is 21.3 Å². The zero-order valence-electron chi connectivity index (χ0n) is 14.5. The van der Waals surface area contributed by atoms with Crippen molar-refractivity contribution in [1.82, 2.24) is 4.98 Å². The molecular weight excluding hydrogens is 443 g/mol. The molecule has 1 heterocycles. The number of nitro benzene ring substituents is 2. The molecule has 0 atom stereocenters. The van der Waals surface area contributed by atoms with Crippen LogP contribution in [0.1, 0.15) is 15.9 Å². The average Bonchev–Trinajstić information content (AvgIpc) is 3.11. The number of carbonyl (C=O) groups excluding carboxylic acids is 1. The number of rotatable bonds is 5. The van der Waals surface area contributed by atoms with Gasteiger partial charge in [0.05, 0.1) is 32.2 Å². The van der Waals surface area contributed by atoms with Crippen LogP contribution in [-0.4, -0.2) is 20.7 Å². The van der Waals surface area contributed by atoms with Crippen LogP contribution >= 0.6 is 34.5 Å². The molecule has 0 radical (unpaired) electrons. The predicted molar refractivity (Wildman–Crippen MR) is 110 cm³/mol. The summed E-state index contributed by atoms with van der Waals surface area (Å²) >= 11 is 13.2. The molecule has 3 rings (SSSR count). The lowest BCUT2D eigenvalue weighted by Crippen LogP contribution is -2.14. The van der Waals surface area contributed by atoms with Gasteiger partial charge in [0, 0.05) is 27.6 Å². The van der Waals surface area contributed by atoms with Gasteiger partial charge in [0.1, 0.15) is 0 Å². The van der Waals surface area contributed by atoms with E-state index in [0.717, 1.165) is 23.5 Å². The fourth-order valence-corrected chi connectivity index (χ4v) is 3.62. The fraction of sp³-hybridized carbons (Fsp3) is 0.0588. The Hall–Kier alpha value is -3.08. The topological polar surface area (TPSA) is 128 Å². The highest BCUT2D eigenvalue weighted by atomic mass is 35.5. The lowest BCUT2D eigenvalue weighted by Gasteiger charge is -2.06. The summed E-state index contributed by atoms with van der Waals surface area (Å²) in [5.41, 5.74) is -0.221. The molecule has 1 N–H and O–H groups in total. The van der Waals surface area contributed by atoms with E-state index in [-0.39, 0.29) is 16.3 Å². The SMILES string of the molecule is Cc1c(C(=O)Nc2nc(-c3cc(Cl)ccc3Cl)cs2)cc([N+](=O)[O-])cc1[N+](=O)[O-]. The van der Waals surface area contributed by atoms with Gasteiger partial charge in [0.15, 0.2) is 5.13 Å². The molecule has 0 fully saturated rings. The predicted octanol–water partition coefficient (Wildman–Crippen LogP) is 5.49. The molecule has 0 unspecified atom stereocenters. The summed E-state index contributed by atoms with van der Waals surface area (Å²) in [5, 5.41) is 27.4. The highest BCUT2D eigenvalue weighted by Gasteiger charge is 2.25. The molecule has 0 saturated heterocycles. The molecule has 0 spiro atoms. The maximum atomic E-state index is 12.6. The Morgan fingerprint density at radius 2 is 1.86 bits per heavy atom. The van der Waals surface area contributed by atoms with Crippen LogP contribution in [0.2, 0.25) is 10.0 Å². The number of anilines is 1. The molecule has 0 saturated carbocycles. The van der Waals surface area contributed by atoms with Crippen molar-refractivity contribution in [2.75, 3.05) is 5.32 Å². The van der Waals surface area contributed by atoms with Crippen LogP contribution in [0.5, 0.6) is 0 Å². The van der Waals surface area contributed by atoms with Crippen molar-refractivity contribution in [2.24, 2.45) is 0 Å². The number of benzene rings is 2. The first-order valence-corrected chi connectivity index (χ1v) is 9.46. The van der Waals surface area contributed by atoms with Crippen LogP contribution in [0.15, 0.2) is 35.7 Å². The van der Waals surface area contributed by atoms with E-state index >= 15 is 0 Å². The normalized spacial score (nSPS) is 10.6. The molecule has 0 aliphatic heterocycles. The van der Waals surface area contributed by atoms with Crippen LogP contribution in [0.25, 0.3) is 11.3 Å². The molecular formula is C17H10Cl2N4O5S. The monoisotopic (exact) mass is 452 g/mol. The lowest BCUT2D eigenvalue weighted by molar-refractivity contribution is -0.394. The Labute approximate surface area is 177 Å². The maximum Gasteiger partial charge on any atom is 0.279 e. The average molecular weight is 453 g/mol. The Kier molecular flexibility index (Phi) is 5.78. The molecule has 9 nitrogen and oxygen atoms in total. The second-order valence-corrected chi connectivity index (χ2v) is 7.47. The van der Waals surface area contributed by atoms with Crippen molar-refractivity contribution in [3.8, 4) is 11.3 Å². The summed E-state index contributed by atoms with van der Waals surface area (Å²) in [6.07, 6.45) is 0. The number of nitrogens with one attached hydrogen (secondary N) is 1. The Morgan fingerprint density at radius 1 is 1.14 bits per heavy atom. The van der Waals surface area contributed by atoms with Crippen LogP contribution in [0, 0.1) is 27.2 Å². The summed E-state index contributed by atoms with van der Waals surface area (Å²) in [5.74, 6) is -0.757. The Balaban J connectivity index is 1.94. The van der Waals surface area contributed by atoms with E-state index in [1.807, 2.05) is 0 Å². The zero-order chi connectivity index (χ0) is 21.3. The number of nitro groups is 2. The van der Waals surface area contributed by atoms with E-state index < -0.39 is 27.1 Å². The number of nitrogens with zero attached hydrogens (tertiary/aromatic N) is 3. The molecule has 0 bridgehead atoms. The quantitative estimate of drug-likeness (QED) is 0.402. The molecule has 1 aromatic heterocycles. The van der Waals surface area contributed by atoms with Gasteiger partial charge in [0.2, 0.25) is 0 Å². The van der Waals surface area contributed by atoms with Crippen molar-refractivity contribution in [3.05, 3.63) is 77.1 Å². The Morgan fingerprint density at radius 3 is 2.52 bits per heavy atom. The summed E-state index contributed by atoms with van der Waals surface area (Å²) in [7, 11) is 0. The van der Waals surface area contributed by atoms with Gasteiger partial charge >= 0.3 is 0 Å². The van der Waals surface area contributed by atoms with Gasteiger partial charge in [-0.25, -0.2) is 4.98 Å². The number of non-ortho nitro benzene ring substituents is 1. The van der Waals surface area contributed by atoms with Crippen molar-refractivity contribution in [1.29, 1.82) is 0 Å². The number of thiazole rings is 1. The third-order valence-electron chi connectivity index (χ3n) is 3.95. The number of hydrogen-bond donors (Lipinski definition) is 1. The van der Waals surface area contributed by atoms with Crippen LogP contribution in [-0.2, 0) is 0 Å². The molecule has 148 valence electrons. The Bertz CT molecular complexity index is 1160. The number of amides is 1. The van der Waals surface area contributed by atoms with Crippen molar-refractivity contribution < 1.29 is 14.6 Å². The maximum absolute atomic E-state index is 12.6. The molecule has 3 aromatic rings. The van der Waals surface area contributed by atoms with Crippen LogP contribution in [0.4, 0.5) is 16.5 Å². The minimum atomic E-state index is -0.800. The number of aromatic nitrogens is 1.